The molecule has 0 saturated heterocycles. The molecule has 0 aromatic heterocycles. The zero-order chi connectivity index (χ0) is 7.98. The van der Waals surface area contributed by atoms with Crippen LogP contribution in [0.1, 0.15) is 26.7 Å². The van der Waals surface area contributed by atoms with E-state index in [0.717, 1.165) is 0 Å². The molecule has 0 amide bonds. The number of rotatable bonds is 3. The van der Waals surface area contributed by atoms with Gasteiger partial charge in [-0.25, -0.2) is 0 Å². The summed E-state index contributed by atoms with van der Waals surface area (Å²) in [6, 6.07) is 0. The van der Waals surface area contributed by atoms with E-state index in [9.17, 15) is 10.4 Å². The van der Waals surface area contributed by atoms with Gasteiger partial charge >= 0.3 is 0 Å². The Morgan fingerprint density at radius 1 is 1.00 bits per heavy atom. The van der Waals surface area contributed by atoms with Crippen LogP contribution in [0.15, 0.2) is 10.3 Å². The molecule has 0 rings (SSSR count). The van der Waals surface area contributed by atoms with Gasteiger partial charge in [0.15, 0.2) is 0 Å². The largest absolute Gasteiger partial charge is 0.792 e. The fourth-order valence-electron chi connectivity index (χ4n) is 0.643. The van der Waals surface area contributed by atoms with Gasteiger partial charge in [0.1, 0.15) is 0 Å². The van der Waals surface area contributed by atoms with Crippen molar-refractivity contribution in [3.8, 4) is 0 Å². The Balaban J connectivity index is 4.27. The third-order valence-corrected chi connectivity index (χ3v) is 1.22. The van der Waals surface area contributed by atoms with Crippen LogP contribution in [0.4, 0.5) is 0 Å². The average molecular weight is 142 g/mol. The summed E-state index contributed by atoms with van der Waals surface area (Å²) < 4.78 is 0. The van der Waals surface area contributed by atoms with Gasteiger partial charge in [0, 0.05) is 11.4 Å². The summed E-state index contributed by atoms with van der Waals surface area (Å²) in [5, 5.41) is 25.3. The lowest BCUT2D eigenvalue weighted by Crippen LogP contribution is -2.11. The standard InChI is InChI=1S/C6H12N2O2/c1-3-5(7-9)6(4-2)8-10/h9-10H,3-4H2,1-2H3/p-2/b7-5-,8-6+. The zero-order valence-electron chi connectivity index (χ0n) is 6.13. The van der Waals surface area contributed by atoms with E-state index in [1.807, 2.05) is 0 Å². The Kier molecular flexibility index (Phi) is 4.28. The number of nitrogens with zero attached hydrogens (tertiary/aromatic N) is 2. The van der Waals surface area contributed by atoms with E-state index in [1.54, 1.807) is 13.8 Å². The Morgan fingerprint density at radius 2 is 1.30 bits per heavy atom. The summed E-state index contributed by atoms with van der Waals surface area (Å²) in [5.41, 5.74) is 0.523. The van der Waals surface area contributed by atoms with Crippen LogP contribution in [0, 0.1) is 10.4 Å². The molecule has 10 heavy (non-hydrogen) atoms. The van der Waals surface area contributed by atoms with Crippen molar-refractivity contribution in [2.75, 3.05) is 0 Å². The summed E-state index contributed by atoms with van der Waals surface area (Å²) in [5.74, 6) is 0. The highest BCUT2D eigenvalue weighted by molar-refractivity contribution is 6.42. The lowest BCUT2D eigenvalue weighted by molar-refractivity contribution is 1.24. The second-order valence-electron chi connectivity index (χ2n) is 1.78. The maximum atomic E-state index is 9.99. The molecule has 0 unspecified atom stereocenters. The second kappa shape index (κ2) is 4.78. The summed E-state index contributed by atoms with van der Waals surface area (Å²) in [6.45, 7) is 3.52. The monoisotopic (exact) mass is 142 g/mol. The minimum atomic E-state index is 0.262. The van der Waals surface area contributed by atoms with Crippen LogP contribution in [-0.2, 0) is 0 Å². The van der Waals surface area contributed by atoms with Gasteiger partial charge in [0.05, 0.1) is 0 Å². The van der Waals surface area contributed by atoms with Gasteiger partial charge in [0.2, 0.25) is 0 Å². The molecule has 0 N–H and O–H groups in total. The molecule has 0 aliphatic carbocycles. The summed E-state index contributed by atoms with van der Waals surface area (Å²) >= 11 is 0. The second-order valence-corrected chi connectivity index (χ2v) is 1.78. The van der Waals surface area contributed by atoms with Crippen molar-refractivity contribution < 1.29 is 0 Å². The van der Waals surface area contributed by atoms with Crippen molar-refractivity contribution in [1.29, 1.82) is 0 Å². The first-order valence-corrected chi connectivity index (χ1v) is 3.18. The summed E-state index contributed by atoms with van der Waals surface area (Å²) in [7, 11) is 0. The number of hydrogen-bond acceptors (Lipinski definition) is 4. The molecule has 4 heteroatoms. The maximum absolute atomic E-state index is 9.99. The topological polar surface area (TPSA) is 70.8 Å². The van der Waals surface area contributed by atoms with Crippen molar-refractivity contribution in [1.82, 2.24) is 0 Å². The van der Waals surface area contributed by atoms with Gasteiger partial charge in [-0.15, -0.1) is 0 Å². The van der Waals surface area contributed by atoms with E-state index in [4.69, 9.17) is 0 Å². The molecule has 4 nitrogen and oxygen atoms in total. The van der Waals surface area contributed by atoms with Crippen LogP contribution in [0.25, 0.3) is 0 Å². The summed E-state index contributed by atoms with van der Waals surface area (Å²) in [4.78, 5) is 0. The van der Waals surface area contributed by atoms with Crippen LogP contribution in [-0.4, -0.2) is 11.4 Å². The Hall–Kier alpha value is -1.06. The average Bonchev–Trinajstić information content (AvgIpc) is 2.00. The molecule has 0 aliphatic heterocycles. The van der Waals surface area contributed by atoms with E-state index >= 15 is 0 Å². The van der Waals surface area contributed by atoms with Gasteiger partial charge in [-0.3, -0.25) is 0 Å². The predicted molar refractivity (Wildman–Crippen MR) is 42.2 cm³/mol. The van der Waals surface area contributed by atoms with Crippen molar-refractivity contribution in [3.63, 3.8) is 0 Å². The third-order valence-electron chi connectivity index (χ3n) is 1.22. The molecule has 0 atom stereocenters. The minimum Gasteiger partial charge on any atom is -0.792 e. The third kappa shape index (κ3) is 2.05. The molecule has 0 aromatic rings. The highest BCUT2D eigenvalue weighted by atomic mass is 16.4. The minimum absolute atomic E-state index is 0.262. The SMILES string of the molecule is CCC(=N/[O-])/C(CC)=N/[O-]. The van der Waals surface area contributed by atoms with Gasteiger partial charge in [-0.1, -0.05) is 13.8 Å². The number of hydrogen-bond donors (Lipinski definition) is 0. The molecule has 0 heterocycles. The first kappa shape index (κ1) is 8.94. The van der Waals surface area contributed by atoms with Gasteiger partial charge in [0.25, 0.3) is 0 Å². The molecular weight excluding hydrogens is 132 g/mol. The first-order valence-electron chi connectivity index (χ1n) is 3.18. The molecule has 0 radical (unpaired) electrons. The van der Waals surface area contributed by atoms with Gasteiger partial charge < -0.3 is 20.7 Å². The van der Waals surface area contributed by atoms with Gasteiger partial charge in [-0.2, -0.15) is 0 Å². The normalized spacial score (nSPS) is 13.8. The fourth-order valence-corrected chi connectivity index (χ4v) is 0.643. The molecule has 0 saturated carbocycles. The summed E-state index contributed by atoms with van der Waals surface area (Å²) in [6.07, 6.45) is 0.941. The smallest absolute Gasteiger partial charge is 0.0496 e. The molecule has 0 aliphatic rings. The van der Waals surface area contributed by atoms with Gasteiger partial charge in [-0.05, 0) is 12.8 Å². The van der Waals surface area contributed by atoms with E-state index < -0.39 is 0 Å². The van der Waals surface area contributed by atoms with Crippen molar-refractivity contribution in [3.05, 3.63) is 10.4 Å². The highest BCUT2D eigenvalue weighted by Crippen LogP contribution is 1.94. The lowest BCUT2D eigenvalue weighted by atomic mass is 10.1. The van der Waals surface area contributed by atoms with Crippen molar-refractivity contribution in [2.24, 2.45) is 10.3 Å². The van der Waals surface area contributed by atoms with Crippen molar-refractivity contribution >= 4 is 11.4 Å². The van der Waals surface area contributed by atoms with E-state index in [0.29, 0.717) is 12.8 Å². The predicted octanol–water partition coefficient (Wildman–Crippen LogP) is 1.68. The van der Waals surface area contributed by atoms with Crippen molar-refractivity contribution in [2.45, 2.75) is 26.7 Å². The van der Waals surface area contributed by atoms with Crippen LogP contribution in [0.2, 0.25) is 0 Å². The van der Waals surface area contributed by atoms with E-state index in [2.05, 4.69) is 10.3 Å². The lowest BCUT2D eigenvalue weighted by Gasteiger charge is -2.09. The van der Waals surface area contributed by atoms with Crippen LogP contribution in [0.5, 0.6) is 0 Å². The Bertz CT molecular complexity index is 134. The molecular formula is C6H10N2O2-2. The zero-order valence-corrected chi connectivity index (χ0v) is 6.13. The molecule has 0 aromatic carbocycles. The fraction of sp³-hybridized carbons (Fsp3) is 0.667. The Labute approximate surface area is 59.9 Å². The van der Waals surface area contributed by atoms with Crippen LogP contribution < -0.4 is 0 Å². The molecule has 58 valence electrons. The highest BCUT2D eigenvalue weighted by Gasteiger charge is 1.98. The Morgan fingerprint density at radius 3 is 1.40 bits per heavy atom. The van der Waals surface area contributed by atoms with Crippen LogP contribution >= 0.6 is 0 Å². The maximum Gasteiger partial charge on any atom is 0.0496 e. The molecule has 0 bridgehead atoms. The van der Waals surface area contributed by atoms with E-state index in [-0.39, 0.29) is 11.4 Å². The van der Waals surface area contributed by atoms with E-state index in [1.165, 1.54) is 0 Å². The van der Waals surface area contributed by atoms with Crippen LogP contribution in [0.3, 0.4) is 0 Å². The molecule has 0 fully saturated rings. The molecule has 0 spiro atoms. The quantitative estimate of drug-likeness (QED) is 0.444. The first-order chi connectivity index (χ1) is 4.79.